The monoisotopic (exact) mass is 440 g/mol. The van der Waals surface area contributed by atoms with Crippen LogP contribution in [0.5, 0.6) is 0 Å². The summed E-state index contributed by atoms with van der Waals surface area (Å²) in [4.78, 5) is 8.59. The Morgan fingerprint density at radius 2 is 1.77 bits per heavy atom. The number of halogens is 1. The van der Waals surface area contributed by atoms with Crippen molar-refractivity contribution in [2.24, 2.45) is 0 Å². The van der Waals surface area contributed by atoms with Gasteiger partial charge in [-0.25, -0.2) is 22.8 Å². The Bertz CT molecular complexity index is 1260. The second-order valence-corrected chi connectivity index (χ2v) is 8.41. The highest BCUT2D eigenvalue weighted by molar-refractivity contribution is 7.92. The van der Waals surface area contributed by atoms with Gasteiger partial charge in [-0.2, -0.15) is 5.21 Å². The summed E-state index contributed by atoms with van der Waals surface area (Å²) < 4.78 is 39.1. The minimum atomic E-state index is -3.44. The van der Waals surface area contributed by atoms with Gasteiger partial charge in [-0.15, -0.1) is 10.2 Å². The molecule has 0 aliphatic rings. The third-order valence-corrected chi connectivity index (χ3v) is 4.86. The van der Waals surface area contributed by atoms with Gasteiger partial charge >= 0.3 is 0 Å². The van der Waals surface area contributed by atoms with Gasteiger partial charge in [-0.05, 0) is 40.6 Å². The maximum absolute atomic E-state index is 13.5. The van der Waals surface area contributed by atoms with Crippen LogP contribution in [-0.4, -0.2) is 45.3 Å². The molecule has 12 heteroatoms. The van der Waals surface area contributed by atoms with Gasteiger partial charge in [0.15, 0.2) is 0 Å². The lowest BCUT2D eigenvalue weighted by molar-refractivity contribution is 0.606. The van der Waals surface area contributed by atoms with Gasteiger partial charge in [0.05, 0.1) is 17.9 Å². The molecular formula is C19H17FN8O2S. The van der Waals surface area contributed by atoms with Gasteiger partial charge < -0.3 is 5.32 Å². The highest BCUT2D eigenvalue weighted by Gasteiger charge is 2.17. The Hall–Kier alpha value is -3.93. The SMILES string of the molecule is CS(=O)(=O)Nc1cccc(C(Nc2ncc(-c3nn[nH]n3)cn2)c2ccc(F)cc2)c1. The third kappa shape index (κ3) is 5.17. The summed E-state index contributed by atoms with van der Waals surface area (Å²) in [6.45, 7) is 0. The molecule has 10 nitrogen and oxygen atoms in total. The van der Waals surface area contributed by atoms with Crippen LogP contribution in [0.15, 0.2) is 60.9 Å². The molecule has 0 aliphatic carbocycles. The van der Waals surface area contributed by atoms with Gasteiger partial charge in [0, 0.05) is 18.1 Å². The first kappa shape index (κ1) is 20.3. The Labute approximate surface area is 177 Å². The molecule has 0 amide bonds. The smallest absolute Gasteiger partial charge is 0.229 e. The van der Waals surface area contributed by atoms with E-state index >= 15 is 0 Å². The van der Waals surface area contributed by atoms with Crippen molar-refractivity contribution in [3.05, 3.63) is 77.9 Å². The zero-order chi connectivity index (χ0) is 21.8. The predicted molar refractivity (Wildman–Crippen MR) is 112 cm³/mol. The van der Waals surface area contributed by atoms with Crippen LogP contribution in [-0.2, 0) is 10.0 Å². The maximum atomic E-state index is 13.5. The summed E-state index contributed by atoms with van der Waals surface area (Å²) in [5.74, 6) is 0.305. The molecule has 0 spiro atoms. The first-order valence-corrected chi connectivity index (χ1v) is 10.9. The molecule has 4 rings (SSSR count). The fraction of sp³-hybridized carbons (Fsp3) is 0.105. The van der Waals surface area contributed by atoms with E-state index in [2.05, 4.69) is 40.6 Å². The number of nitrogens with zero attached hydrogens (tertiary/aromatic N) is 5. The Morgan fingerprint density at radius 1 is 1.03 bits per heavy atom. The number of aromatic nitrogens is 6. The predicted octanol–water partition coefficient (Wildman–Crippen LogP) is 2.37. The van der Waals surface area contributed by atoms with E-state index in [9.17, 15) is 12.8 Å². The normalized spacial score (nSPS) is 12.3. The number of anilines is 2. The molecule has 158 valence electrons. The van der Waals surface area contributed by atoms with Crippen LogP contribution in [0.25, 0.3) is 11.4 Å². The van der Waals surface area contributed by atoms with Crippen LogP contribution in [0.4, 0.5) is 16.0 Å². The standard InChI is InChI=1S/C19H17FN8O2S/c1-31(29,30)26-16-4-2-3-13(9-16)17(12-5-7-15(20)8-6-12)23-19-21-10-14(11-22-19)18-24-27-28-25-18/h2-11,17,26H,1H3,(H,21,22,23)(H,24,25,27,28). The third-order valence-electron chi connectivity index (χ3n) is 4.26. The number of benzene rings is 2. The van der Waals surface area contributed by atoms with E-state index in [1.54, 1.807) is 42.7 Å². The highest BCUT2D eigenvalue weighted by atomic mass is 32.2. The van der Waals surface area contributed by atoms with Crippen LogP contribution in [0.2, 0.25) is 0 Å². The molecule has 2 heterocycles. The molecule has 1 atom stereocenters. The van der Waals surface area contributed by atoms with Crippen LogP contribution < -0.4 is 10.0 Å². The summed E-state index contributed by atoms with van der Waals surface area (Å²) >= 11 is 0. The molecular weight excluding hydrogens is 423 g/mol. The summed E-state index contributed by atoms with van der Waals surface area (Å²) in [6.07, 6.45) is 4.17. The van der Waals surface area contributed by atoms with Crippen LogP contribution in [0, 0.1) is 5.82 Å². The molecule has 31 heavy (non-hydrogen) atoms. The quantitative estimate of drug-likeness (QED) is 0.398. The van der Waals surface area contributed by atoms with Gasteiger partial charge in [0.2, 0.25) is 21.8 Å². The number of aromatic amines is 1. The second-order valence-electron chi connectivity index (χ2n) is 6.66. The molecule has 0 radical (unpaired) electrons. The zero-order valence-electron chi connectivity index (χ0n) is 16.2. The van der Waals surface area contributed by atoms with Crippen molar-refractivity contribution >= 4 is 21.7 Å². The number of H-pyrrole nitrogens is 1. The summed E-state index contributed by atoms with van der Waals surface area (Å²) in [6, 6.07) is 12.4. The molecule has 4 aromatic rings. The molecule has 0 fully saturated rings. The van der Waals surface area contributed by atoms with E-state index in [0.29, 0.717) is 23.0 Å². The molecule has 0 aliphatic heterocycles. The van der Waals surface area contributed by atoms with Gasteiger partial charge in [-0.3, -0.25) is 4.72 Å². The van der Waals surface area contributed by atoms with Crippen LogP contribution >= 0.6 is 0 Å². The number of rotatable bonds is 7. The number of hydrogen-bond donors (Lipinski definition) is 3. The number of nitrogens with one attached hydrogen (secondary N) is 3. The van der Waals surface area contributed by atoms with Crippen molar-refractivity contribution in [3.8, 4) is 11.4 Å². The summed E-state index contributed by atoms with van der Waals surface area (Å²) in [7, 11) is -3.44. The molecule has 0 saturated heterocycles. The van der Waals surface area contributed by atoms with Crippen molar-refractivity contribution in [1.82, 2.24) is 30.6 Å². The lowest BCUT2D eigenvalue weighted by atomic mass is 9.98. The summed E-state index contributed by atoms with van der Waals surface area (Å²) in [5, 5.41) is 16.8. The first-order valence-electron chi connectivity index (χ1n) is 9.03. The van der Waals surface area contributed by atoms with Crippen molar-refractivity contribution in [2.45, 2.75) is 6.04 Å². The molecule has 2 aromatic heterocycles. The molecule has 2 aromatic carbocycles. The van der Waals surface area contributed by atoms with Crippen molar-refractivity contribution in [2.75, 3.05) is 16.3 Å². The summed E-state index contributed by atoms with van der Waals surface area (Å²) in [5.41, 5.74) is 2.45. The van der Waals surface area contributed by atoms with Gasteiger partial charge in [0.25, 0.3) is 0 Å². The number of tetrazole rings is 1. The lowest BCUT2D eigenvalue weighted by Gasteiger charge is -2.20. The van der Waals surface area contributed by atoms with Crippen molar-refractivity contribution in [1.29, 1.82) is 0 Å². The molecule has 3 N–H and O–H groups in total. The van der Waals surface area contributed by atoms with E-state index in [4.69, 9.17) is 0 Å². The van der Waals surface area contributed by atoms with E-state index in [1.165, 1.54) is 12.1 Å². The minimum absolute atomic E-state index is 0.308. The highest BCUT2D eigenvalue weighted by Crippen LogP contribution is 2.28. The lowest BCUT2D eigenvalue weighted by Crippen LogP contribution is -2.15. The zero-order valence-corrected chi connectivity index (χ0v) is 17.0. The van der Waals surface area contributed by atoms with E-state index in [0.717, 1.165) is 17.4 Å². The van der Waals surface area contributed by atoms with Gasteiger partial charge in [-0.1, -0.05) is 24.3 Å². The van der Waals surface area contributed by atoms with Crippen molar-refractivity contribution in [3.63, 3.8) is 0 Å². The van der Waals surface area contributed by atoms with E-state index < -0.39 is 16.1 Å². The first-order chi connectivity index (χ1) is 14.9. The molecule has 1 unspecified atom stereocenters. The second kappa shape index (κ2) is 8.44. The van der Waals surface area contributed by atoms with Crippen LogP contribution in [0.3, 0.4) is 0 Å². The fourth-order valence-corrected chi connectivity index (χ4v) is 3.50. The Morgan fingerprint density at radius 3 is 2.42 bits per heavy atom. The number of hydrogen-bond acceptors (Lipinski definition) is 8. The molecule has 0 saturated carbocycles. The Kier molecular flexibility index (Phi) is 5.54. The largest absolute Gasteiger partial charge is 0.343 e. The Balaban J connectivity index is 1.67. The maximum Gasteiger partial charge on any atom is 0.229 e. The number of sulfonamides is 1. The van der Waals surface area contributed by atoms with E-state index in [-0.39, 0.29) is 5.82 Å². The minimum Gasteiger partial charge on any atom is -0.343 e. The average Bonchev–Trinajstić information content (AvgIpc) is 3.27. The van der Waals surface area contributed by atoms with Crippen molar-refractivity contribution < 1.29 is 12.8 Å². The van der Waals surface area contributed by atoms with Crippen LogP contribution in [0.1, 0.15) is 17.2 Å². The van der Waals surface area contributed by atoms with E-state index in [1.807, 2.05) is 6.07 Å². The molecule has 0 bridgehead atoms. The van der Waals surface area contributed by atoms with Gasteiger partial charge in [0.1, 0.15) is 5.82 Å². The topological polar surface area (TPSA) is 138 Å². The average molecular weight is 440 g/mol. The fourth-order valence-electron chi connectivity index (χ4n) is 2.94.